The van der Waals surface area contributed by atoms with Crippen molar-refractivity contribution in [2.45, 2.75) is 49.0 Å². The minimum Gasteiger partial charge on any atom is -0.386 e. The molecule has 1 saturated carbocycles. The lowest BCUT2D eigenvalue weighted by atomic mass is 9.81. The van der Waals surface area contributed by atoms with Gasteiger partial charge in [-0.2, -0.15) is 0 Å². The minimum absolute atomic E-state index is 0.123. The lowest BCUT2D eigenvalue weighted by Gasteiger charge is -2.40. The molecule has 82 valence electrons. The molecule has 0 amide bonds. The van der Waals surface area contributed by atoms with Crippen molar-refractivity contribution in [2.24, 2.45) is 5.92 Å². The summed E-state index contributed by atoms with van der Waals surface area (Å²) >= 11 is 12.2. The van der Waals surface area contributed by atoms with Gasteiger partial charge in [-0.1, -0.05) is 55.5 Å². The van der Waals surface area contributed by atoms with Gasteiger partial charge in [0, 0.05) is 0 Å². The third kappa shape index (κ3) is 2.10. The summed E-state index contributed by atoms with van der Waals surface area (Å²) in [5, 5.41) is 10.5. The molecular formula is C11H18Cl2O. The Labute approximate surface area is 96.1 Å². The van der Waals surface area contributed by atoms with E-state index in [0.717, 1.165) is 25.7 Å². The maximum Gasteiger partial charge on any atom is 0.164 e. The molecule has 1 aliphatic carbocycles. The molecule has 0 radical (unpaired) electrons. The van der Waals surface area contributed by atoms with Gasteiger partial charge >= 0.3 is 0 Å². The Balaban J connectivity index is 2.92. The van der Waals surface area contributed by atoms with Crippen LogP contribution in [0.3, 0.4) is 0 Å². The predicted octanol–water partition coefficient (Wildman–Crippen LogP) is 3.68. The molecular weight excluding hydrogens is 219 g/mol. The van der Waals surface area contributed by atoms with Gasteiger partial charge in [-0.25, -0.2) is 0 Å². The lowest BCUT2D eigenvalue weighted by molar-refractivity contribution is -0.0218. The topological polar surface area (TPSA) is 20.2 Å². The monoisotopic (exact) mass is 236 g/mol. The highest BCUT2D eigenvalue weighted by atomic mass is 35.5. The Morgan fingerprint density at radius 3 is 2.64 bits per heavy atom. The Morgan fingerprint density at radius 2 is 2.07 bits per heavy atom. The SMILES string of the molecule is C=CC(Cl)(Cl)C1(O)CCCCCC1C. The van der Waals surface area contributed by atoms with Crippen molar-refractivity contribution in [2.75, 3.05) is 0 Å². The first-order valence-corrected chi connectivity index (χ1v) is 5.93. The number of aliphatic hydroxyl groups is 1. The molecule has 2 atom stereocenters. The van der Waals surface area contributed by atoms with E-state index in [1.807, 2.05) is 6.92 Å². The van der Waals surface area contributed by atoms with Gasteiger partial charge in [-0.3, -0.25) is 0 Å². The van der Waals surface area contributed by atoms with E-state index in [0.29, 0.717) is 6.42 Å². The average Bonchev–Trinajstić information content (AvgIpc) is 2.31. The molecule has 1 aliphatic rings. The summed E-state index contributed by atoms with van der Waals surface area (Å²) in [5.74, 6) is 0.123. The van der Waals surface area contributed by atoms with E-state index in [4.69, 9.17) is 23.2 Å². The van der Waals surface area contributed by atoms with Crippen LogP contribution in [0.2, 0.25) is 0 Å². The average molecular weight is 237 g/mol. The van der Waals surface area contributed by atoms with Crippen molar-refractivity contribution in [1.82, 2.24) is 0 Å². The fourth-order valence-corrected chi connectivity index (χ4v) is 2.74. The van der Waals surface area contributed by atoms with Gasteiger partial charge in [0.25, 0.3) is 0 Å². The van der Waals surface area contributed by atoms with Gasteiger partial charge in [0.1, 0.15) is 5.60 Å². The van der Waals surface area contributed by atoms with Crippen LogP contribution in [-0.4, -0.2) is 15.0 Å². The maximum absolute atomic E-state index is 10.5. The molecule has 1 N–H and O–H groups in total. The molecule has 1 fully saturated rings. The fourth-order valence-electron chi connectivity index (χ4n) is 2.18. The highest BCUT2D eigenvalue weighted by Gasteiger charge is 2.49. The molecule has 0 saturated heterocycles. The first-order valence-electron chi connectivity index (χ1n) is 5.18. The summed E-state index contributed by atoms with van der Waals surface area (Å²) in [6, 6.07) is 0. The summed E-state index contributed by atoms with van der Waals surface area (Å²) in [6.07, 6.45) is 6.35. The third-order valence-electron chi connectivity index (χ3n) is 3.34. The molecule has 0 aromatic carbocycles. The van der Waals surface area contributed by atoms with E-state index in [1.54, 1.807) is 0 Å². The molecule has 14 heavy (non-hydrogen) atoms. The van der Waals surface area contributed by atoms with Crippen LogP contribution in [0.25, 0.3) is 0 Å². The van der Waals surface area contributed by atoms with Crippen LogP contribution < -0.4 is 0 Å². The van der Waals surface area contributed by atoms with Gasteiger partial charge in [-0.15, -0.1) is 6.58 Å². The molecule has 1 nitrogen and oxygen atoms in total. The third-order valence-corrected chi connectivity index (χ3v) is 4.31. The van der Waals surface area contributed by atoms with E-state index in [2.05, 4.69) is 6.58 Å². The first kappa shape index (κ1) is 12.4. The number of halogens is 2. The largest absolute Gasteiger partial charge is 0.386 e. The molecule has 2 unspecified atom stereocenters. The van der Waals surface area contributed by atoms with Crippen LogP contribution in [0.15, 0.2) is 12.7 Å². The normalized spacial score (nSPS) is 35.0. The smallest absolute Gasteiger partial charge is 0.164 e. The zero-order valence-corrected chi connectivity index (χ0v) is 10.1. The van der Waals surface area contributed by atoms with Crippen LogP contribution in [-0.2, 0) is 0 Å². The second kappa shape index (κ2) is 4.42. The quantitative estimate of drug-likeness (QED) is 0.441. The Kier molecular flexibility index (Phi) is 3.90. The van der Waals surface area contributed by atoms with Crippen molar-refractivity contribution in [3.8, 4) is 0 Å². The zero-order chi connectivity index (χ0) is 10.8. The van der Waals surface area contributed by atoms with Crippen LogP contribution in [0.4, 0.5) is 0 Å². The second-order valence-corrected chi connectivity index (χ2v) is 5.64. The summed E-state index contributed by atoms with van der Waals surface area (Å²) in [7, 11) is 0. The molecule has 0 heterocycles. The van der Waals surface area contributed by atoms with Crippen molar-refractivity contribution in [1.29, 1.82) is 0 Å². The van der Waals surface area contributed by atoms with E-state index >= 15 is 0 Å². The number of hydrogen-bond donors (Lipinski definition) is 1. The second-order valence-electron chi connectivity index (χ2n) is 4.25. The Bertz CT molecular complexity index is 215. The van der Waals surface area contributed by atoms with Crippen LogP contribution >= 0.6 is 23.2 Å². The molecule has 3 heteroatoms. The van der Waals surface area contributed by atoms with Gasteiger partial charge in [0.15, 0.2) is 4.33 Å². The summed E-state index contributed by atoms with van der Waals surface area (Å²) in [4.78, 5) is 0. The summed E-state index contributed by atoms with van der Waals surface area (Å²) in [6.45, 7) is 5.60. The van der Waals surface area contributed by atoms with Crippen molar-refractivity contribution in [3.63, 3.8) is 0 Å². The summed E-state index contributed by atoms with van der Waals surface area (Å²) in [5.41, 5.74) is -1.02. The molecule has 0 aromatic rings. The Hall–Kier alpha value is 0.280. The van der Waals surface area contributed by atoms with Crippen LogP contribution in [0.5, 0.6) is 0 Å². The van der Waals surface area contributed by atoms with Gasteiger partial charge < -0.3 is 5.11 Å². The molecule has 1 rings (SSSR count). The highest BCUT2D eigenvalue weighted by Crippen LogP contribution is 2.46. The van der Waals surface area contributed by atoms with Crippen molar-refractivity contribution >= 4 is 23.2 Å². The predicted molar refractivity (Wildman–Crippen MR) is 61.8 cm³/mol. The zero-order valence-electron chi connectivity index (χ0n) is 8.60. The molecule has 0 bridgehead atoms. The molecule has 0 aliphatic heterocycles. The van der Waals surface area contributed by atoms with Gasteiger partial charge in [0.05, 0.1) is 0 Å². The Morgan fingerprint density at radius 1 is 1.43 bits per heavy atom. The van der Waals surface area contributed by atoms with E-state index in [9.17, 15) is 5.11 Å². The van der Waals surface area contributed by atoms with Crippen molar-refractivity contribution < 1.29 is 5.11 Å². The highest BCUT2D eigenvalue weighted by molar-refractivity contribution is 6.50. The van der Waals surface area contributed by atoms with E-state index in [1.165, 1.54) is 6.08 Å². The molecule has 0 spiro atoms. The maximum atomic E-state index is 10.5. The molecule has 0 aromatic heterocycles. The fraction of sp³-hybridized carbons (Fsp3) is 0.818. The minimum atomic E-state index is -1.23. The van der Waals surface area contributed by atoms with Gasteiger partial charge in [0.2, 0.25) is 0 Å². The number of hydrogen-bond acceptors (Lipinski definition) is 1. The van der Waals surface area contributed by atoms with Crippen LogP contribution in [0, 0.1) is 5.92 Å². The first-order chi connectivity index (χ1) is 6.44. The number of rotatable bonds is 2. The standard InChI is InChI=1S/C11H18Cl2O/c1-3-11(12,13)10(14)8-6-4-5-7-9(10)2/h3,9,14H,1,4-8H2,2H3. The lowest BCUT2D eigenvalue weighted by Crippen LogP contribution is -2.49. The van der Waals surface area contributed by atoms with Gasteiger partial charge in [-0.05, 0) is 18.8 Å². The van der Waals surface area contributed by atoms with Crippen LogP contribution in [0.1, 0.15) is 39.0 Å². The van der Waals surface area contributed by atoms with Crippen molar-refractivity contribution in [3.05, 3.63) is 12.7 Å². The number of alkyl halides is 2. The van der Waals surface area contributed by atoms with E-state index < -0.39 is 9.93 Å². The summed E-state index contributed by atoms with van der Waals surface area (Å²) < 4.78 is -1.23. The van der Waals surface area contributed by atoms with E-state index in [-0.39, 0.29) is 5.92 Å².